The topological polar surface area (TPSA) is 35.6 Å². The molecule has 0 radical (unpaired) electrons. The Morgan fingerprint density at radius 1 is 1.28 bits per heavy atom. The summed E-state index contributed by atoms with van der Waals surface area (Å²) in [6.45, 7) is 6.75. The third-order valence-corrected chi connectivity index (χ3v) is 3.52. The maximum absolute atomic E-state index is 11.8. The summed E-state index contributed by atoms with van der Waals surface area (Å²) >= 11 is 0. The second-order valence-corrected chi connectivity index (χ2v) is 6.17. The Morgan fingerprint density at radius 2 is 1.94 bits per heavy atom. The van der Waals surface area contributed by atoms with Crippen LogP contribution in [0.3, 0.4) is 0 Å². The zero-order valence-electron chi connectivity index (χ0n) is 12.6. The smallest absolute Gasteiger partial charge is 0.239 e. The maximum atomic E-state index is 11.8. The number of carbonyl (C=O) groups excluding carboxylic acids is 1. The SMILES string of the molecule is CC(C)CN(C)CCC1CCC(C(=O)N(C)C)N1. The van der Waals surface area contributed by atoms with Crippen molar-refractivity contribution in [2.75, 3.05) is 34.2 Å². The molecule has 0 aromatic heterocycles. The fourth-order valence-corrected chi connectivity index (χ4v) is 2.64. The summed E-state index contributed by atoms with van der Waals surface area (Å²) < 4.78 is 0. The molecule has 1 rings (SSSR count). The van der Waals surface area contributed by atoms with Crippen molar-refractivity contribution in [1.82, 2.24) is 15.1 Å². The quantitative estimate of drug-likeness (QED) is 0.774. The van der Waals surface area contributed by atoms with Crippen LogP contribution in [-0.2, 0) is 4.79 Å². The Bertz CT molecular complexity index is 266. The van der Waals surface area contributed by atoms with Gasteiger partial charge in [0.1, 0.15) is 0 Å². The van der Waals surface area contributed by atoms with Crippen molar-refractivity contribution in [2.24, 2.45) is 5.92 Å². The molecule has 0 aliphatic carbocycles. The van der Waals surface area contributed by atoms with E-state index in [1.54, 1.807) is 4.90 Å². The lowest BCUT2D eigenvalue weighted by Crippen LogP contribution is -2.42. The van der Waals surface area contributed by atoms with E-state index in [0.717, 1.165) is 38.3 Å². The lowest BCUT2D eigenvalue weighted by atomic mass is 10.1. The highest BCUT2D eigenvalue weighted by molar-refractivity contribution is 5.81. The molecule has 0 spiro atoms. The Kier molecular flexibility index (Phi) is 6.09. The predicted octanol–water partition coefficient (Wildman–Crippen LogP) is 1.17. The number of hydrogen-bond acceptors (Lipinski definition) is 3. The monoisotopic (exact) mass is 255 g/mol. The molecular weight excluding hydrogens is 226 g/mol. The molecule has 2 atom stereocenters. The van der Waals surface area contributed by atoms with Crippen molar-refractivity contribution < 1.29 is 4.79 Å². The first kappa shape index (κ1) is 15.4. The fraction of sp³-hybridized carbons (Fsp3) is 0.929. The molecular formula is C14H29N3O. The first-order valence-corrected chi connectivity index (χ1v) is 7.06. The van der Waals surface area contributed by atoms with Crippen LogP contribution in [0.15, 0.2) is 0 Å². The van der Waals surface area contributed by atoms with E-state index in [1.807, 2.05) is 14.1 Å². The van der Waals surface area contributed by atoms with Gasteiger partial charge in [-0.25, -0.2) is 0 Å². The van der Waals surface area contributed by atoms with Gasteiger partial charge < -0.3 is 15.1 Å². The van der Waals surface area contributed by atoms with Gasteiger partial charge >= 0.3 is 0 Å². The first-order chi connectivity index (χ1) is 8.40. The van der Waals surface area contributed by atoms with Gasteiger partial charge in [-0.1, -0.05) is 13.8 Å². The van der Waals surface area contributed by atoms with E-state index in [0.29, 0.717) is 6.04 Å². The van der Waals surface area contributed by atoms with E-state index in [-0.39, 0.29) is 11.9 Å². The number of rotatable bonds is 6. The van der Waals surface area contributed by atoms with Crippen LogP contribution in [0, 0.1) is 5.92 Å². The predicted molar refractivity (Wildman–Crippen MR) is 75.6 cm³/mol. The van der Waals surface area contributed by atoms with Crippen LogP contribution < -0.4 is 5.32 Å². The van der Waals surface area contributed by atoms with Gasteiger partial charge in [0.25, 0.3) is 0 Å². The Balaban J connectivity index is 2.24. The summed E-state index contributed by atoms with van der Waals surface area (Å²) in [4.78, 5) is 15.9. The van der Waals surface area contributed by atoms with Crippen LogP contribution in [0.25, 0.3) is 0 Å². The highest BCUT2D eigenvalue weighted by Gasteiger charge is 2.29. The van der Waals surface area contributed by atoms with Crippen LogP contribution in [0.1, 0.15) is 33.1 Å². The summed E-state index contributed by atoms with van der Waals surface area (Å²) in [5, 5.41) is 3.46. The third-order valence-electron chi connectivity index (χ3n) is 3.52. The van der Waals surface area contributed by atoms with Gasteiger partial charge in [-0.3, -0.25) is 4.79 Å². The number of nitrogens with zero attached hydrogens (tertiary/aromatic N) is 2. The van der Waals surface area contributed by atoms with E-state index in [4.69, 9.17) is 0 Å². The normalized spacial score (nSPS) is 23.9. The molecule has 0 aromatic carbocycles. The zero-order chi connectivity index (χ0) is 13.7. The number of amides is 1. The molecule has 106 valence electrons. The molecule has 2 unspecified atom stereocenters. The van der Waals surface area contributed by atoms with Crippen molar-refractivity contribution in [1.29, 1.82) is 0 Å². The van der Waals surface area contributed by atoms with Gasteiger partial charge in [-0.15, -0.1) is 0 Å². The summed E-state index contributed by atoms with van der Waals surface area (Å²) in [6, 6.07) is 0.550. The van der Waals surface area contributed by atoms with Gasteiger partial charge in [-0.2, -0.15) is 0 Å². The molecule has 1 fully saturated rings. The van der Waals surface area contributed by atoms with Crippen molar-refractivity contribution in [2.45, 2.75) is 45.2 Å². The minimum Gasteiger partial charge on any atom is -0.347 e. The summed E-state index contributed by atoms with van der Waals surface area (Å²) in [7, 11) is 5.83. The van der Waals surface area contributed by atoms with Crippen molar-refractivity contribution in [3.05, 3.63) is 0 Å². The molecule has 1 aliphatic heterocycles. The van der Waals surface area contributed by atoms with E-state index in [9.17, 15) is 4.79 Å². The average molecular weight is 255 g/mol. The maximum Gasteiger partial charge on any atom is 0.239 e. The van der Waals surface area contributed by atoms with Gasteiger partial charge in [0.15, 0.2) is 0 Å². The van der Waals surface area contributed by atoms with Gasteiger partial charge in [-0.05, 0) is 38.8 Å². The van der Waals surface area contributed by atoms with Gasteiger partial charge in [0.2, 0.25) is 5.91 Å². The van der Waals surface area contributed by atoms with Crippen LogP contribution in [0.5, 0.6) is 0 Å². The van der Waals surface area contributed by atoms with Crippen LogP contribution in [0.4, 0.5) is 0 Å². The average Bonchev–Trinajstić information content (AvgIpc) is 2.72. The molecule has 0 saturated carbocycles. The second kappa shape index (κ2) is 7.10. The molecule has 1 aliphatic rings. The highest BCUT2D eigenvalue weighted by atomic mass is 16.2. The van der Waals surface area contributed by atoms with Crippen LogP contribution in [0.2, 0.25) is 0 Å². The first-order valence-electron chi connectivity index (χ1n) is 7.06. The summed E-state index contributed by atoms with van der Waals surface area (Å²) in [5.74, 6) is 0.933. The minimum absolute atomic E-state index is 0.0420. The summed E-state index contributed by atoms with van der Waals surface area (Å²) in [6.07, 6.45) is 3.25. The van der Waals surface area contributed by atoms with E-state index in [1.165, 1.54) is 0 Å². The lowest BCUT2D eigenvalue weighted by Gasteiger charge is -2.22. The van der Waals surface area contributed by atoms with E-state index >= 15 is 0 Å². The lowest BCUT2D eigenvalue weighted by molar-refractivity contribution is -0.130. The molecule has 1 saturated heterocycles. The van der Waals surface area contributed by atoms with E-state index < -0.39 is 0 Å². The minimum atomic E-state index is 0.0420. The molecule has 1 N–H and O–H groups in total. The Hall–Kier alpha value is -0.610. The number of carbonyl (C=O) groups is 1. The van der Waals surface area contributed by atoms with Gasteiger partial charge in [0.05, 0.1) is 6.04 Å². The van der Waals surface area contributed by atoms with Crippen molar-refractivity contribution >= 4 is 5.91 Å². The molecule has 4 nitrogen and oxygen atoms in total. The number of likely N-dealkylation sites (N-methyl/N-ethyl adjacent to an activating group) is 1. The van der Waals surface area contributed by atoms with E-state index in [2.05, 4.69) is 31.1 Å². The van der Waals surface area contributed by atoms with Crippen molar-refractivity contribution in [3.63, 3.8) is 0 Å². The molecule has 0 bridgehead atoms. The molecule has 1 heterocycles. The number of nitrogens with one attached hydrogen (secondary N) is 1. The third kappa shape index (κ3) is 4.94. The standard InChI is InChI=1S/C14H29N3O/c1-11(2)10-17(5)9-8-12-6-7-13(15-12)14(18)16(3)4/h11-13,15H,6-10H2,1-5H3. The molecule has 18 heavy (non-hydrogen) atoms. The van der Waals surface area contributed by atoms with Crippen LogP contribution >= 0.6 is 0 Å². The molecule has 0 aromatic rings. The van der Waals surface area contributed by atoms with Gasteiger partial charge in [0, 0.05) is 26.7 Å². The zero-order valence-corrected chi connectivity index (χ0v) is 12.6. The fourth-order valence-electron chi connectivity index (χ4n) is 2.64. The number of hydrogen-bond donors (Lipinski definition) is 1. The Labute approximate surface area is 112 Å². The second-order valence-electron chi connectivity index (χ2n) is 6.17. The van der Waals surface area contributed by atoms with Crippen molar-refractivity contribution in [3.8, 4) is 0 Å². The molecule has 4 heteroatoms. The summed E-state index contributed by atoms with van der Waals surface area (Å²) in [5.41, 5.74) is 0. The highest BCUT2D eigenvalue weighted by Crippen LogP contribution is 2.16. The Morgan fingerprint density at radius 3 is 2.50 bits per heavy atom. The van der Waals surface area contributed by atoms with Crippen LogP contribution in [-0.4, -0.2) is 62.0 Å². The molecule has 1 amide bonds. The largest absolute Gasteiger partial charge is 0.347 e.